The smallest absolute Gasteiger partial charge is 0.307 e. The van der Waals surface area contributed by atoms with Gasteiger partial charge in [0.2, 0.25) is 0 Å². The molecule has 1 aliphatic heterocycles. The van der Waals surface area contributed by atoms with Crippen molar-refractivity contribution in [3.05, 3.63) is 29.8 Å². The molecular weight excluding hydrogens is 266 g/mol. The molecule has 2 fully saturated rings. The quantitative estimate of drug-likeness (QED) is 0.905. The molecule has 1 unspecified atom stereocenters. The Balaban J connectivity index is 1.63. The standard InChI is InChI=1S/C17H23NO3/c19-17(20)14-9-10-18(12-14)11-13-5-1-4-8-16(13)21-15-6-2-3-7-15/h1,4-5,8,14-15H,2-3,6-7,9-12H2,(H,19,20). The van der Waals surface area contributed by atoms with Gasteiger partial charge >= 0.3 is 5.97 Å². The topological polar surface area (TPSA) is 49.8 Å². The van der Waals surface area contributed by atoms with Gasteiger partial charge in [-0.25, -0.2) is 0 Å². The number of carboxylic acid groups (broad SMARTS) is 1. The van der Waals surface area contributed by atoms with Crippen LogP contribution >= 0.6 is 0 Å². The summed E-state index contributed by atoms with van der Waals surface area (Å²) in [6, 6.07) is 8.18. The van der Waals surface area contributed by atoms with E-state index >= 15 is 0 Å². The molecule has 0 spiro atoms. The molecule has 0 aromatic heterocycles. The molecule has 0 radical (unpaired) electrons. The second-order valence-electron chi connectivity index (χ2n) is 6.19. The molecule has 1 heterocycles. The Kier molecular flexibility index (Phi) is 4.44. The van der Waals surface area contributed by atoms with Crippen molar-refractivity contribution in [3.63, 3.8) is 0 Å². The van der Waals surface area contributed by atoms with Crippen molar-refractivity contribution < 1.29 is 14.6 Å². The van der Waals surface area contributed by atoms with Crippen molar-refractivity contribution >= 4 is 5.97 Å². The van der Waals surface area contributed by atoms with Crippen LogP contribution in [-0.2, 0) is 11.3 Å². The lowest BCUT2D eigenvalue weighted by atomic mass is 10.1. The molecule has 4 heteroatoms. The normalized spacial score (nSPS) is 23.5. The van der Waals surface area contributed by atoms with E-state index in [9.17, 15) is 4.79 Å². The minimum atomic E-state index is -0.673. The fraction of sp³-hybridized carbons (Fsp3) is 0.588. The summed E-state index contributed by atoms with van der Waals surface area (Å²) in [5.41, 5.74) is 1.18. The minimum absolute atomic E-state index is 0.215. The van der Waals surface area contributed by atoms with Crippen LogP contribution in [-0.4, -0.2) is 35.2 Å². The maximum absolute atomic E-state index is 11.0. The first-order valence-corrected chi connectivity index (χ1v) is 7.92. The lowest BCUT2D eigenvalue weighted by Crippen LogP contribution is -2.23. The molecule has 114 valence electrons. The fourth-order valence-corrected chi connectivity index (χ4v) is 3.35. The number of hydrogen-bond donors (Lipinski definition) is 1. The van der Waals surface area contributed by atoms with Gasteiger partial charge in [0.05, 0.1) is 12.0 Å². The number of carboxylic acids is 1. The van der Waals surface area contributed by atoms with Crippen molar-refractivity contribution in [1.29, 1.82) is 0 Å². The van der Waals surface area contributed by atoms with Crippen LogP contribution in [0.1, 0.15) is 37.7 Å². The Morgan fingerprint density at radius 1 is 1.24 bits per heavy atom. The van der Waals surface area contributed by atoms with Gasteiger partial charge in [0, 0.05) is 18.7 Å². The van der Waals surface area contributed by atoms with Gasteiger partial charge in [-0.05, 0) is 44.7 Å². The molecule has 1 atom stereocenters. The van der Waals surface area contributed by atoms with Gasteiger partial charge in [-0.3, -0.25) is 9.69 Å². The van der Waals surface area contributed by atoms with Gasteiger partial charge in [0.1, 0.15) is 5.75 Å². The van der Waals surface area contributed by atoms with Crippen LogP contribution in [0, 0.1) is 5.92 Å². The largest absolute Gasteiger partial charge is 0.490 e. The van der Waals surface area contributed by atoms with Crippen molar-refractivity contribution in [3.8, 4) is 5.75 Å². The number of carbonyl (C=O) groups is 1. The second kappa shape index (κ2) is 6.48. The predicted molar refractivity (Wildman–Crippen MR) is 80.3 cm³/mol. The van der Waals surface area contributed by atoms with Gasteiger partial charge in [-0.1, -0.05) is 18.2 Å². The molecule has 0 bridgehead atoms. The van der Waals surface area contributed by atoms with Crippen LogP contribution in [0.3, 0.4) is 0 Å². The van der Waals surface area contributed by atoms with Gasteiger partial charge < -0.3 is 9.84 Å². The molecule has 1 aliphatic carbocycles. The predicted octanol–water partition coefficient (Wildman–Crippen LogP) is 2.91. The molecule has 1 aromatic carbocycles. The van der Waals surface area contributed by atoms with E-state index in [1.54, 1.807) is 0 Å². The zero-order valence-corrected chi connectivity index (χ0v) is 12.3. The number of aliphatic carboxylic acids is 1. The average Bonchev–Trinajstić information content (AvgIpc) is 3.12. The molecule has 3 rings (SSSR count). The monoisotopic (exact) mass is 289 g/mol. The molecule has 4 nitrogen and oxygen atoms in total. The molecule has 1 saturated carbocycles. The number of hydrogen-bond acceptors (Lipinski definition) is 3. The van der Waals surface area contributed by atoms with Crippen molar-refractivity contribution in [2.45, 2.75) is 44.8 Å². The first-order chi connectivity index (χ1) is 10.2. The number of para-hydroxylation sites is 1. The third-order valence-electron chi connectivity index (χ3n) is 4.58. The first kappa shape index (κ1) is 14.4. The zero-order chi connectivity index (χ0) is 14.7. The lowest BCUT2D eigenvalue weighted by Gasteiger charge is -2.20. The Bertz CT molecular complexity index is 497. The number of likely N-dealkylation sites (tertiary alicyclic amines) is 1. The van der Waals surface area contributed by atoms with Gasteiger partial charge in [0.15, 0.2) is 0 Å². The average molecular weight is 289 g/mol. The maximum Gasteiger partial charge on any atom is 0.307 e. The summed E-state index contributed by atoms with van der Waals surface area (Å²) in [5, 5.41) is 9.09. The molecule has 0 amide bonds. The van der Waals surface area contributed by atoms with E-state index in [4.69, 9.17) is 9.84 Å². The van der Waals surface area contributed by atoms with Crippen molar-refractivity contribution in [2.75, 3.05) is 13.1 Å². The van der Waals surface area contributed by atoms with Crippen LogP contribution in [0.25, 0.3) is 0 Å². The van der Waals surface area contributed by atoms with E-state index in [2.05, 4.69) is 11.0 Å². The van der Waals surface area contributed by atoms with Crippen LogP contribution in [0.5, 0.6) is 5.75 Å². The highest BCUT2D eigenvalue weighted by atomic mass is 16.5. The number of rotatable bonds is 5. The summed E-state index contributed by atoms with van der Waals surface area (Å²) in [7, 11) is 0. The Hall–Kier alpha value is -1.55. The summed E-state index contributed by atoms with van der Waals surface area (Å²) >= 11 is 0. The zero-order valence-electron chi connectivity index (χ0n) is 12.3. The SMILES string of the molecule is O=C(O)C1CCN(Cc2ccccc2OC2CCCC2)C1. The van der Waals surface area contributed by atoms with Crippen molar-refractivity contribution in [1.82, 2.24) is 4.90 Å². The Morgan fingerprint density at radius 3 is 2.71 bits per heavy atom. The van der Waals surface area contributed by atoms with E-state index in [0.29, 0.717) is 12.6 Å². The van der Waals surface area contributed by atoms with Crippen molar-refractivity contribution in [2.24, 2.45) is 5.92 Å². The van der Waals surface area contributed by atoms with E-state index < -0.39 is 5.97 Å². The number of ether oxygens (including phenoxy) is 1. The highest BCUT2D eigenvalue weighted by Gasteiger charge is 2.28. The molecule has 1 N–H and O–H groups in total. The van der Waals surface area contributed by atoms with E-state index in [1.807, 2.05) is 18.2 Å². The summed E-state index contributed by atoms with van der Waals surface area (Å²) in [5.74, 6) is 0.0871. The van der Waals surface area contributed by atoms with Gasteiger partial charge in [-0.2, -0.15) is 0 Å². The van der Waals surface area contributed by atoms with Crippen LogP contribution in [0.2, 0.25) is 0 Å². The van der Waals surface area contributed by atoms with E-state index in [1.165, 1.54) is 18.4 Å². The summed E-state index contributed by atoms with van der Waals surface area (Å²) < 4.78 is 6.15. The van der Waals surface area contributed by atoms with Crippen LogP contribution in [0.4, 0.5) is 0 Å². The molecular formula is C17H23NO3. The maximum atomic E-state index is 11.0. The molecule has 21 heavy (non-hydrogen) atoms. The van der Waals surface area contributed by atoms with Crippen LogP contribution < -0.4 is 4.74 Å². The number of nitrogens with zero attached hydrogens (tertiary/aromatic N) is 1. The molecule has 1 saturated heterocycles. The van der Waals surface area contributed by atoms with Crippen LogP contribution in [0.15, 0.2) is 24.3 Å². The van der Waals surface area contributed by atoms with E-state index in [0.717, 1.165) is 38.1 Å². The Morgan fingerprint density at radius 2 is 2.00 bits per heavy atom. The molecule has 2 aliphatic rings. The summed E-state index contributed by atoms with van der Waals surface area (Å²) in [6.07, 6.45) is 5.94. The number of benzene rings is 1. The minimum Gasteiger partial charge on any atom is -0.490 e. The van der Waals surface area contributed by atoms with Gasteiger partial charge in [-0.15, -0.1) is 0 Å². The third-order valence-corrected chi connectivity index (χ3v) is 4.58. The van der Waals surface area contributed by atoms with E-state index in [-0.39, 0.29) is 5.92 Å². The summed E-state index contributed by atoms with van der Waals surface area (Å²) in [4.78, 5) is 13.3. The Labute approximate surface area is 125 Å². The highest BCUT2D eigenvalue weighted by molar-refractivity contribution is 5.70. The van der Waals surface area contributed by atoms with Gasteiger partial charge in [0.25, 0.3) is 0 Å². The second-order valence-corrected chi connectivity index (χ2v) is 6.19. The lowest BCUT2D eigenvalue weighted by molar-refractivity contribution is -0.141. The highest BCUT2D eigenvalue weighted by Crippen LogP contribution is 2.28. The third kappa shape index (κ3) is 3.56. The molecule has 1 aromatic rings. The first-order valence-electron chi connectivity index (χ1n) is 7.92. The fourth-order valence-electron chi connectivity index (χ4n) is 3.35. The summed E-state index contributed by atoms with van der Waals surface area (Å²) in [6.45, 7) is 2.29.